The van der Waals surface area contributed by atoms with E-state index in [1.807, 2.05) is 24.1 Å². The van der Waals surface area contributed by atoms with Gasteiger partial charge in [-0.3, -0.25) is 0 Å². The fourth-order valence-electron chi connectivity index (χ4n) is 1.75. The molecule has 0 saturated carbocycles. The van der Waals surface area contributed by atoms with Crippen molar-refractivity contribution in [3.8, 4) is 6.07 Å². The normalized spacial score (nSPS) is 9.65. The van der Waals surface area contributed by atoms with Gasteiger partial charge in [-0.25, -0.2) is 9.78 Å². The van der Waals surface area contributed by atoms with Crippen LogP contribution in [0.3, 0.4) is 0 Å². The van der Waals surface area contributed by atoms with Crippen molar-refractivity contribution in [1.82, 2.24) is 4.98 Å². The first-order valence-electron chi connectivity index (χ1n) is 5.94. The van der Waals surface area contributed by atoms with Crippen LogP contribution < -0.4 is 4.90 Å². The van der Waals surface area contributed by atoms with Gasteiger partial charge in [0.25, 0.3) is 0 Å². The van der Waals surface area contributed by atoms with E-state index < -0.39 is 5.97 Å². The largest absolute Gasteiger partial charge is 0.464 e. The Morgan fingerprint density at radius 3 is 2.55 bits per heavy atom. The minimum atomic E-state index is -0.472. The number of carbonyl (C=O) groups excluding carboxylic acids is 1. The van der Waals surface area contributed by atoms with Crippen molar-refractivity contribution in [1.29, 1.82) is 5.26 Å². The molecule has 2 aromatic rings. The van der Waals surface area contributed by atoms with Crippen LogP contribution in [0.1, 0.15) is 16.1 Å². The molecule has 5 nitrogen and oxygen atoms in total. The van der Waals surface area contributed by atoms with Gasteiger partial charge in [0.2, 0.25) is 0 Å². The predicted octanol–water partition coefficient (Wildman–Crippen LogP) is 2.51. The van der Waals surface area contributed by atoms with Crippen LogP contribution in [0.15, 0.2) is 42.6 Å². The Kier molecular flexibility index (Phi) is 3.96. The number of pyridine rings is 1. The molecule has 0 spiro atoms. The molecule has 1 aromatic carbocycles. The second-order valence-electron chi connectivity index (χ2n) is 4.11. The summed E-state index contributed by atoms with van der Waals surface area (Å²) in [6.45, 7) is 0. The Morgan fingerprint density at radius 1 is 1.25 bits per heavy atom. The first-order chi connectivity index (χ1) is 9.65. The zero-order chi connectivity index (χ0) is 14.5. The highest BCUT2D eigenvalue weighted by molar-refractivity contribution is 5.88. The second-order valence-corrected chi connectivity index (χ2v) is 4.11. The monoisotopic (exact) mass is 267 g/mol. The highest BCUT2D eigenvalue weighted by Crippen LogP contribution is 2.23. The van der Waals surface area contributed by atoms with Crippen LogP contribution in [0.4, 0.5) is 11.4 Å². The van der Waals surface area contributed by atoms with Gasteiger partial charge in [-0.2, -0.15) is 5.26 Å². The number of benzene rings is 1. The molecule has 0 fully saturated rings. The van der Waals surface area contributed by atoms with Crippen molar-refractivity contribution in [3.05, 3.63) is 53.9 Å². The van der Waals surface area contributed by atoms with Gasteiger partial charge in [-0.15, -0.1) is 0 Å². The summed E-state index contributed by atoms with van der Waals surface area (Å²) in [6, 6.07) is 12.7. The van der Waals surface area contributed by atoms with E-state index in [4.69, 9.17) is 5.26 Å². The van der Waals surface area contributed by atoms with Crippen molar-refractivity contribution in [2.24, 2.45) is 0 Å². The highest BCUT2D eigenvalue weighted by Gasteiger charge is 2.10. The summed E-state index contributed by atoms with van der Waals surface area (Å²) in [5.41, 5.74) is 2.58. The van der Waals surface area contributed by atoms with Crippen molar-refractivity contribution in [2.45, 2.75) is 0 Å². The van der Waals surface area contributed by atoms with Crippen molar-refractivity contribution >= 4 is 17.3 Å². The van der Waals surface area contributed by atoms with Crippen LogP contribution in [0, 0.1) is 11.3 Å². The van der Waals surface area contributed by atoms with E-state index in [9.17, 15) is 4.79 Å². The molecular weight excluding hydrogens is 254 g/mol. The average Bonchev–Trinajstić information content (AvgIpc) is 2.53. The van der Waals surface area contributed by atoms with Gasteiger partial charge in [0.1, 0.15) is 5.69 Å². The van der Waals surface area contributed by atoms with Gasteiger partial charge in [-0.1, -0.05) is 0 Å². The summed E-state index contributed by atoms with van der Waals surface area (Å²) in [6.07, 6.45) is 1.56. The number of ether oxygens (including phenoxy) is 1. The van der Waals surface area contributed by atoms with Gasteiger partial charge in [0.05, 0.1) is 18.7 Å². The zero-order valence-corrected chi connectivity index (χ0v) is 11.2. The third-order valence-electron chi connectivity index (χ3n) is 2.91. The number of rotatable bonds is 3. The van der Waals surface area contributed by atoms with E-state index in [2.05, 4.69) is 15.8 Å². The molecule has 2 rings (SSSR count). The molecule has 0 bridgehead atoms. The standard InChI is InChI=1S/C15H13N3O2/c1-18(12-5-3-11(10-16)4-6-12)13-7-8-17-14(9-13)15(19)20-2/h3-9H,1-2H3. The molecule has 100 valence electrons. The van der Waals surface area contributed by atoms with E-state index in [1.165, 1.54) is 7.11 Å². The minimum absolute atomic E-state index is 0.255. The maximum absolute atomic E-state index is 11.5. The Morgan fingerprint density at radius 2 is 1.95 bits per heavy atom. The molecule has 1 aromatic heterocycles. The molecular formula is C15H13N3O2. The number of esters is 1. The first kappa shape index (κ1) is 13.6. The summed E-state index contributed by atoms with van der Waals surface area (Å²) < 4.78 is 4.65. The summed E-state index contributed by atoms with van der Waals surface area (Å²) >= 11 is 0. The Labute approximate surface area is 117 Å². The molecule has 0 aliphatic carbocycles. The van der Waals surface area contributed by atoms with E-state index in [-0.39, 0.29) is 5.69 Å². The topological polar surface area (TPSA) is 66.2 Å². The lowest BCUT2D eigenvalue weighted by Gasteiger charge is -2.19. The average molecular weight is 267 g/mol. The van der Waals surface area contributed by atoms with Gasteiger partial charge in [-0.05, 0) is 36.4 Å². The molecule has 0 aliphatic heterocycles. The second kappa shape index (κ2) is 5.85. The molecule has 5 heteroatoms. The molecule has 0 N–H and O–H groups in total. The Balaban J connectivity index is 2.30. The van der Waals surface area contributed by atoms with E-state index in [0.717, 1.165) is 11.4 Å². The number of carbonyl (C=O) groups is 1. The quantitative estimate of drug-likeness (QED) is 0.799. The molecule has 1 heterocycles. The first-order valence-corrected chi connectivity index (χ1v) is 5.94. The van der Waals surface area contributed by atoms with E-state index in [0.29, 0.717) is 5.56 Å². The third kappa shape index (κ3) is 2.75. The number of hydrogen-bond donors (Lipinski definition) is 0. The zero-order valence-electron chi connectivity index (χ0n) is 11.2. The maximum atomic E-state index is 11.5. The maximum Gasteiger partial charge on any atom is 0.356 e. The minimum Gasteiger partial charge on any atom is -0.464 e. The van der Waals surface area contributed by atoms with E-state index >= 15 is 0 Å². The smallest absolute Gasteiger partial charge is 0.356 e. The molecule has 0 amide bonds. The Hall–Kier alpha value is -2.87. The van der Waals surface area contributed by atoms with Gasteiger partial charge in [0, 0.05) is 24.6 Å². The number of hydrogen-bond acceptors (Lipinski definition) is 5. The summed E-state index contributed by atoms with van der Waals surface area (Å²) in [4.78, 5) is 17.3. The summed E-state index contributed by atoms with van der Waals surface area (Å²) in [5.74, 6) is -0.472. The molecule has 20 heavy (non-hydrogen) atoms. The molecule has 0 saturated heterocycles. The lowest BCUT2D eigenvalue weighted by atomic mass is 10.2. The molecule has 0 aliphatic rings. The molecule has 0 unspecified atom stereocenters. The van der Waals surface area contributed by atoms with Crippen molar-refractivity contribution < 1.29 is 9.53 Å². The van der Waals surface area contributed by atoms with Gasteiger partial charge in [0.15, 0.2) is 0 Å². The van der Waals surface area contributed by atoms with Crippen LogP contribution in [0.5, 0.6) is 0 Å². The molecule has 0 radical (unpaired) electrons. The van der Waals surface area contributed by atoms with Crippen LogP contribution in [-0.2, 0) is 4.74 Å². The van der Waals surface area contributed by atoms with Crippen LogP contribution in [0.25, 0.3) is 0 Å². The fourth-order valence-corrected chi connectivity index (χ4v) is 1.75. The number of anilines is 2. The van der Waals surface area contributed by atoms with Crippen LogP contribution in [0.2, 0.25) is 0 Å². The predicted molar refractivity (Wildman–Crippen MR) is 74.8 cm³/mol. The van der Waals surface area contributed by atoms with Crippen LogP contribution >= 0.6 is 0 Å². The highest BCUT2D eigenvalue weighted by atomic mass is 16.5. The van der Waals surface area contributed by atoms with Crippen LogP contribution in [-0.4, -0.2) is 25.1 Å². The number of nitriles is 1. The van der Waals surface area contributed by atoms with Crippen molar-refractivity contribution in [3.63, 3.8) is 0 Å². The number of aromatic nitrogens is 1. The van der Waals surface area contributed by atoms with Crippen molar-refractivity contribution in [2.75, 3.05) is 19.1 Å². The lowest BCUT2D eigenvalue weighted by Crippen LogP contribution is -2.11. The Bertz CT molecular complexity index is 660. The number of methoxy groups -OCH3 is 1. The lowest BCUT2D eigenvalue weighted by molar-refractivity contribution is 0.0594. The third-order valence-corrected chi connectivity index (χ3v) is 2.91. The van der Waals surface area contributed by atoms with E-state index in [1.54, 1.807) is 30.5 Å². The van der Waals surface area contributed by atoms with Gasteiger partial charge >= 0.3 is 5.97 Å². The summed E-state index contributed by atoms with van der Waals surface area (Å²) in [5, 5.41) is 8.79. The molecule has 0 atom stereocenters. The summed E-state index contributed by atoms with van der Waals surface area (Å²) in [7, 11) is 3.19. The fraction of sp³-hybridized carbons (Fsp3) is 0.133. The number of nitrogens with zero attached hydrogens (tertiary/aromatic N) is 3. The SMILES string of the molecule is COC(=O)c1cc(N(C)c2ccc(C#N)cc2)ccn1. The van der Waals surface area contributed by atoms with Gasteiger partial charge < -0.3 is 9.64 Å².